The Balaban J connectivity index is 1.34. The summed E-state index contributed by atoms with van der Waals surface area (Å²) in [5.74, 6) is 0.680. The normalized spacial score (nSPS) is 11.6. The van der Waals surface area contributed by atoms with Gasteiger partial charge in [-0.05, 0) is 93.5 Å². The second-order valence-corrected chi connectivity index (χ2v) is 15.9. The second kappa shape index (κ2) is 12.2. The fourth-order valence-corrected chi connectivity index (χ4v) is 7.17. The van der Waals surface area contributed by atoms with Gasteiger partial charge in [0.25, 0.3) is 0 Å². The molecule has 0 spiro atoms. The molecule has 8 rings (SSSR count). The van der Waals surface area contributed by atoms with Crippen molar-refractivity contribution in [2.24, 2.45) is 0 Å². The summed E-state index contributed by atoms with van der Waals surface area (Å²) >= 11 is 0. The Bertz CT molecular complexity index is 2500. The van der Waals surface area contributed by atoms with Gasteiger partial charge in [0.05, 0.1) is 11.4 Å². The fraction of sp³-hybridized carbons (Fsp3) is 0.0455. The molecule has 0 saturated heterocycles. The smallest absolute Gasteiger partial charge is 0.160 e. The van der Waals surface area contributed by atoms with E-state index in [9.17, 15) is 4.57 Å². The van der Waals surface area contributed by atoms with Crippen LogP contribution in [0.25, 0.3) is 77.7 Å². The predicted molar refractivity (Wildman–Crippen MR) is 203 cm³/mol. The minimum Gasteiger partial charge on any atom is -0.319 e. The Kier molecular flexibility index (Phi) is 7.56. The number of benzene rings is 7. The molecular formula is C44H33N2OP. The van der Waals surface area contributed by atoms with Crippen molar-refractivity contribution in [1.29, 1.82) is 0 Å². The highest BCUT2D eigenvalue weighted by Crippen LogP contribution is 2.38. The summed E-state index contributed by atoms with van der Waals surface area (Å²) in [6, 6.07) is 57.1. The van der Waals surface area contributed by atoms with Crippen LogP contribution in [-0.4, -0.2) is 23.3 Å². The summed E-state index contributed by atoms with van der Waals surface area (Å²) in [5, 5.41) is 5.64. The van der Waals surface area contributed by atoms with Gasteiger partial charge < -0.3 is 4.57 Å². The third kappa shape index (κ3) is 5.97. The van der Waals surface area contributed by atoms with Crippen LogP contribution in [0.5, 0.6) is 0 Å². The highest BCUT2D eigenvalue weighted by Gasteiger charge is 2.15. The van der Waals surface area contributed by atoms with E-state index < -0.39 is 7.14 Å². The van der Waals surface area contributed by atoms with E-state index in [4.69, 9.17) is 9.97 Å². The van der Waals surface area contributed by atoms with Crippen LogP contribution < -0.4 is 5.30 Å². The molecule has 230 valence electrons. The van der Waals surface area contributed by atoms with Gasteiger partial charge in [-0.3, -0.25) is 0 Å². The summed E-state index contributed by atoms with van der Waals surface area (Å²) in [7, 11) is -2.37. The van der Waals surface area contributed by atoms with Gasteiger partial charge in [0.2, 0.25) is 0 Å². The lowest BCUT2D eigenvalue weighted by Gasteiger charge is -2.14. The van der Waals surface area contributed by atoms with Gasteiger partial charge in [0, 0.05) is 22.0 Å². The molecule has 0 saturated carbocycles. The molecular weight excluding hydrogens is 603 g/mol. The lowest BCUT2D eigenvalue weighted by molar-refractivity contribution is 0.588. The summed E-state index contributed by atoms with van der Waals surface area (Å²) in [6.07, 6.45) is 0. The summed E-state index contributed by atoms with van der Waals surface area (Å²) in [5.41, 5.74) is 9.07. The van der Waals surface area contributed by atoms with E-state index in [0.717, 1.165) is 55.6 Å². The van der Waals surface area contributed by atoms with Crippen molar-refractivity contribution < 1.29 is 4.57 Å². The van der Waals surface area contributed by atoms with Gasteiger partial charge in [0.1, 0.15) is 7.14 Å². The number of hydrogen-bond donors (Lipinski definition) is 0. The Morgan fingerprint density at radius 2 is 0.854 bits per heavy atom. The maximum Gasteiger partial charge on any atom is 0.160 e. The molecule has 0 aliphatic heterocycles. The van der Waals surface area contributed by atoms with Crippen LogP contribution in [0.2, 0.25) is 0 Å². The highest BCUT2D eigenvalue weighted by molar-refractivity contribution is 7.70. The molecule has 0 aliphatic carbocycles. The zero-order chi connectivity index (χ0) is 32.7. The SMILES string of the molecule is CP(C)(=O)c1ccc(-c2cc(-c3ccc4ccccc4c3)cc(-c3cc(-c4ccc5ccccc5c4)nc(-c4ccccc4)n3)c2)cc1. The maximum atomic E-state index is 12.8. The Morgan fingerprint density at radius 3 is 1.48 bits per heavy atom. The highest BCUT2D eigenvalue weighted by atomic mass is 31.2. The lowest BCUT2D eigenvalue weighted by Crippen LogP contribution is -2.01. The van der Waals surface area contributed by atoms with Crippen molar-refractivity contribution in [3.63, 3.8) is 0 Å². The van der Waals surface area contributed by atoms with Crippen molar-refractivity contribution in [3.05, 3.63) is 164 Å². The summed E-state index contributed by atoms with van der Waals surface area (Å²) in [4.78, 5) is 10.3. The number of rotatable bonds is 6. The van der Waals surface area contributed by atoms with Crippen LogP contribution in [0, 0.1) is 0 Å². The summed E-state index contributed by atoms with van der Waals surface area (Å²) < 4.78 is 12.8. The first-order chi connectivity index (χ1) is 23.4. The van der Waals surface area contributed by atoms with Crippen molar-refractivity contribution in [3.8, 4) is 56.2 Å². The monoisotopic (exact) mass is 636 g/mol. The minimum absolute atomic E-state index is 0.680. The molecule has 8 aromatic rings. The van der Waals surface area contributed by atoms with Gasteiger partial charge in [-0.15, -0.1) is 0 Å². The molecule has 48 heavy (non-hydrogen) atoms. The van der Waals surface area contributed by atoms with Gasteiger partial charge in [-0.2, -0.15) is 0 Å². The first kappa shape index (κ1) is 29.8. The number of hydrogen-bond acceptors (Lipinski definition) is 3. The molecule has 0 radical (unpaired) electrons. The Morgan fingerprint density at radius 1 is 0.375 bits per heavy atom. The first-order valence-electron chi connectivity index (χ1n) is 16.1. The van der Waals surface area contributed by atoms with E-state index in [2.05, 4.69) is 133 Å². The Labute approximate surface area is 281 Å². The zero-order valence-corrected chi connectivity index (χ0v) is 27.7. The zero-order valence-electron chi connectivity index (χ0n) is 26.8. The minimum atomic E-state index is -2.37. The Hall–Kier alpha value is -5.63. The first-order valence-corrected chi connectivity index (χ1v) is 18.7. The van der Waals surface area contributed by atoms with Gasteiger partial charge in [-0.1, -0.05) is 127 Å². The largest absolute Gasteiger partial charge is 0.319 e. The molecule has 0 atom stereocenters. The molecule has 0 unspecified atom stereocenters. The molecule has 0 fully saturated rings. The molecule has 4 heteroatoms. The van der Waals surface area contributed by atoms with Crippen molar-refractivity contribution in [1.82, 2.24) is 9.97 Å². The fourth-order valence-electron chi connectivity index (χ4n) is 6.30. The topological polar surface area (TPSA) is 42.9 Å². The van der Waals surface area contributed by atoms with E-state index in [1.165, 1.54) is 21.5 Å². The van der Waals surface area contributed by atoms with Crippen LogP contribution in [0.4, 0.5) is 0 Å². The van der Waals surface area contributed by atoms with Crippen molar-refractivity contribution in [2.45, 2.75) is 0 Å². The van der Waals surface area contributed by atoms with E-state index >= 15 is 0 Å². The standard InChI is InChI=1S/C44H33N2OP/c1-48(2,47)41-22-20-32(21-23-41)38-26-39(36-18-16-30-10-6-8-14-34(30)24-36)28-40(27-38)43-29-42(45-44(46-43)33-12-4-3-5-13-33)37-19-17-31-11-7-9-15-35(31)25-37/h3-29H,1-2H3. The molecule has 3 nitrogen and oxygen atoms in total. The van der Waals surface area contributed by atoms with Gasteiger partial charge in [0.15, 0.2) is 5.82 Å². The van der Waals surface area contributed by atoms with Crippen molar-refractivity contribution in [2.75, 3.05) is 13.3 Å². The molecule has 7 aromatic carbocycles. The lowest BCUT2D eigenvalue weighted by atomic mass is 9.93. The third-order valence-corrected chi connectivity index (χ3v) is 10.5. The average molecular weight is 637 g/mol. The van der Waals surface area contributed by atoms with Gasteiger partial charge >= 0.3 is 0 Å². The van der Waals surface area contributed by atoms with Crippen LogP contribution in [-0.2, 0) is 4.57 Å². The van der Waals surface area contributed by atoms with Gasteiger partial charge in [-0.25, -0.2) is 9.97 Å². The number of aromatic nitrogens is 2. The molecule has 0 amide bonds. The maximum absolute atomic E-state index is 12.8. The summed E-state index contributed by atoms with van der Waals surface area (Å²) in [6.45, 7) is 3.63. The molecule has 1 heterocycles. The van der Waals surface area contributed by atoms with E-state index in [0.29, 0.717) is 5.82 Å². The number of nitrogens with zero attached hydrogens (tertiary/aromatic N) is 2. The number of fused-ring (bicyclic) bond motifs is 2. The quantitative estimate of drug-likeness (QED) is 0.171. The van der Waals surface area contributed by atoms with E-state index in [-0.39, 0.29) is 0 Å². The molecule has 0 N–H and O–H groups in total. The van der Waals surface area contributed by atoms with Crippen molar-refractivity contribution >= 4 is 34.0 Å². The van der Waals surface area contributed by atoms with E-state index in [1.54, 1.807) is 0 Å². The predicted octanol–water partition coefficient (Wildman–Crippen LogP) is 11.4. The van der Waals surface area contributed by atoms with Crippen LogP contribution in [0.3, 0.4) is 0 Å². The van der Waals surface area contributed by atoms with Crippen LogP contribution in [0.1, 0.15) is 0 Å². The average Bonchev–Trinajstić information content (AvgIpc) is 3.14. The molecule has 0 aliphatic rings. The third-order valence-electron chi connectivity index (χ3n) is 8.94. The second-order valence-electron chi connectivity index (χ2n) is 12.6. The van der Waals surface area contributed by atoms with Crippen LogP contribution in [0.15, 0.2) is 164 Å². The van der Waals surface area contributed by atoms with E-state index in [1.807, 2.05) is 43.7 Å². The molecule has 1 aromatic heterocycles. The molecule has 0 bridgehead atoms. The van der Waals surface area contributed by atoms with Crippen LogP contribution >= 0.6 is 7.14 Å².